The molecule has 418 valence electrons. The molecule has 0 aromatic carbocycles. The quantitative estimate of drug-likeness (QED) is 0.0211. The van der Waals surface area contributed by atoms with Crippen molar-refractivity contribution in [1.29, 1.82) is 0 Å². The smallest absolute Gasteiger partial charge is 0.361 e. The molecule has 0 aliphatic heterocycles. The molecule has 0 rings (SSSR count). The molecule has 0 saturated heterocycles. The minimum atomic E-state index is -1.50. The summed E-state index contributed by atoms with van der Waals surface area (Å²) in [6, 6.07) is 0. The van der Waals surface area contributed by atoms with Crippen molar-refractivity contribution < 1.29 is 42.9 Å². The van der Waals surface area contributed by atoms with Crippen LogP contribution in [-0.2, 0) is 33.3 Å². The van der Waals surface area contributed by atoms with Crippen LogP contribution in [0.4, 0.5) is 0 Å². The number of quaternary nitrogens is 1. The number of hydrogen-bond acceptors (Lipinski definition) is 7. The summed E-state index contributed by atoms with van der Waals surface area (Å²) in [5.41, 5.74) is 0. The first-order valence-electron chi connectivity index (χ1n) is 30.5. The van der Waals surface area contributed by atoms with Gasteiger partial charge in [-0.25, -0.2) is 4.79 Å². The van der Waals surface area contributed by atoms with Crippen molar-refractivity contribution in [3.63, 3.8) is 0 Å². The number of nitrogens with zero attached hydrogens (tertiary/aromatic N) is 1. The van der Waals surface area contributed by atoms with Crippen LogP contribution in [0.25, 0.3) is 0 Å². The molecule has 9 nitrogen and oxygen atoms in total. The zero-order valence-electron chi connectivity index (χ0n) is 47.7. The fourth-order valence-corrected chi connectivity index (χ4v) is 8.99. The van der Waals surface area contributed by atoms with Crippen molar-refractivity contribution in [2.45, 2.75) is 309 Å². The summed E-state index contributed by atoms with van der Waals surface area (Å²) < 4.78 is 22.6. The maximum absolute atomic E-state index is 12.8. The lowest BCUT2D eigenvalue weighted by Crippen LogP contribution is -2.40. The van der Waals surface area contributed by atoms with Crippen LogP contribution < -0.4 is 0 Å². The van der Waals surface area contributed by atoms with Crippen LogP contribution in [0.5, 0.6) is 0 Å². The van der Waals surface area contributed by atoms with Crippen molar-refractivity contribution in [3.05, 3.63) is 24.3 Å². The minimum Gasteiger partial charge on any atom is -0.477 e. The van der Waals surface area contributed by atoms with E-state index < -0.39 is 24.3 Å². The van der Waals surface area contributed by atoms with E-state index >= 15 is 0 Å². The van der Waals surface area contributed by atoms with Gasteiger partial charge in [0.25, 0.3) is 6.29 Å². The van der Waals surface area contributed by atoms with Gasteiger partial charge in [0.1, 0.15) is 13.2 Å². The van der Waals surface area contributed by atoms with E-state index in [-0.39, 0.29) is 32.2 Å². The third kappa shape index (κ3) is 55.4. The monoisotopic (exact) mass is 1000 g/mol. The van der Waals surface area contributed by atoms with Gasteiger partial charge < -0.3 is 28.5 Å². The number of rotatable bonds is 57. The van der Waals surface area contributed by atoms with Gasteiger partial charge >= 0.3 is 17.9 Å². The van der Waals surface area contributed by atoms with Crippen LogP contribution in [0, 0.1) is 0 Å². The predicted octanol–water partition coefficient (Wildman–Crippen LogP) is 17.9. The third-order valence-corrected chi connectivity index (χ3v) is 13.7. The fourth-order valence-electron chi connectivity index (χ4n) is 8.99. The number of likely N-dealkylation sites (N-methyl/N-ethyl adjacent to an activating group) is 1. The van der Waals surface area contributed by atoms with Crippen molar-refractivity contribution in [2.24, 2.45) is 0 Å². The summed E-state index contributed by atoms with van der Waals surface area (Å²) in [4.78, 5) is 36.9. The Balaban J connectivity index is 3.71. The molecule has 0 heterocycles. The third-order valence-electron chi connectivity index (χ3n) is 13.7. The lowest BCUT2D eigenvalue weighted by atomic mass is 10.0. The Morgan fingerprint density at radius 1 is 0.423 bits per heavy atom. The van der Waals surface area contributed by atoms with E-state index in [0.717, 1.165) is 57.8 Å². The second kappa shape index (κ2) is 54.0. The van der Waals surface area contributed by atoms with Gasteiger partial charge in [-0.2, -0.15) is 0 Å². The van der Waals surface area contributed by atoms with Gasteiger partial charge in [-0.15, -0.1) is 0 Å². The van der Waals surface area contributed by atoms with Gasteiger partial charge in [-0.3, -0.25) is 9.59 Å². The first-order valence-corrected chi connectivity index (χ1v) is 30.5. The van der Waals surface area contributed by atoms with E-state index in [1.54, 1.807) is 0 Å². The Morgan fingerprint density at radius 3 is 1.11 bits per heavy atom. The van der Waals surface area contributed by atoms with Crippen molar-refractivity contribution >= 4 is 17.9 Å². The number of esters is 2. The standard InChI is InChI=1S/C62H117NO8/c1-6-8-10-12-13-14-15-16-17-18-19-20-21-22-23-24-25-26-27-28-29-30-31-32-33-34-35-36-37-38-39-40-41-42-43-44-45-46-47-49-51-53-60(65)71-58(56-69-59(64)52-50-48-11-9-7-2)57-70-62(61(66)67)68-55-54-63(3,4)5/h15-16,18-19,58,62H,6-14,17,20-57H2,1-5H3/p+1/b16-15-,19-18-. The van der Waals surface area contributed by atoms with Gasteiger partial charge in [0.05, 0.1) is 34.4 Å². The molecule has 0 aromatic heterocycles. The van der Waals surface area contributed by atoms with E-state index in [4.69, 9.17) is 18.9 Å². The maximum Gasteiger partial charge on any atom is 0.361 e. The van der Waals surface area contributed by atoms with E-state index in [0.29, 0.717) is 17.4 Å². The minimum absolute atomic E-state index is 0.177. The molecule has 2 unspecified atom stereocenters. The number of allylic oxidation sites excluding steroid dienone is 4. The van der Waals surface area contributed by atoms with E-state index in [2.05, 4.69) is 38.2 Å². The zero-order chi connectivity index (χ0) is 52.0. The second-order valence-corrected chi connectivity index (χ2v) is 22.0. The average Bonchev–Trinajstić information content (AvgIpc) is 3.34. The summed E-state index contributed by atoms with van der Waals surface area (Å²) in [5, 5.41) is 9.62. The summed E-state index contributed by atoms with van der Waals surface area (Å²) in [7, 11) is 5.96. The molecule has 1 N–H and O–H groups in total. The molecule has 2 atom stereocenters. The van der Waals surface area contributed by atoms with E-state index in [1.807, 2.05) is 21.1 Å². The number of carboxylic acid groups (broad SMARTS) is 1. The average molecular weight is 1010 g/mol. The molecule has 9 heteroatoms. The van der Waals surface area contributed by atoms with Crippen LogP contribution in [0.2, 0.25) is 0 Å². The maximum atomic E-state index is 12.8. The Kier molecular flexibility index (Phi) is 52.3. The number of hydrogen-bond donors (Lipinski definition) is 1. The highest BCUT2D eigenvalue weighted by atomic mass is 16.7. The molecule has 0 aromatic rings. The first kappa shape index (κ1) is 68.8. The topological polar surface area (TPSA) is 108 Å². The lowest BCUT2D eigenvalue weighted by Gasteiger charge is -2.25. The van der Waals surface area contributed by atoms with Gasteiger partial charge in [-0.05, 0) is 44.9 Å². The number of unbranched alkanes of at least 4 members (excludes halogenated alkanes) is 38. The van der Waals surface area contributed by atoms with Crippen LogP contribution in [0.15, 0.2) is 24.3 Å². The largest absolute Gasteiger partial charge is 0.477 e. The number of ether oxygens (including phenoxy) is 4. The van der Waals surface area contributed by atoms with Crippen LogP contribution in [0.3, 0.4) is 0 Å². The van der Waals surface area contributed by atoms with Crippen molar-refractivity contribution in [2.75, 3.05) is 47.5 Å². The summed E-state index contributed by atoms with van der Waals surface area (Å²) >= 11 is 0. The lowest BCUT2D eigenvalue weighted by molar-refractivity contribution is -0.870. The number of carbonyl (C=O) groups excluding carboxylic acids is 2. The summed E-state index contributed by atoms with van der Waals surface area (Å²) in [5.74, 6) is -2.00. The summed E-state index contributed by atoms with van der Waals surface area (Å²) in [6.45, 7) is 4.80. The van der Waals surface area contributed by atoms with Crippen molar-refractivity contribution in [1.82, 2.24) is 0 Å². The number of aliphatic carboxylic acids is 1. The molecule has 0 bridgehead atoms. The molecule has 0 spiro atoms. The Hall–Kier alpha value is -2.23. The SMILES string of the molecule is CCCCCCC/C=C\C/C=C\CCCCCCCCCCCCCCCCCCCCCCCCCCCCCCCC(=O)OC(COC(=O)CCCCCCC)COC(OCC[N+](C)(C)C)C(=O)O. The normalized spacial score (nSPS) is 12.9. The molecule has 0 aliphatic carbocycles. The van der Waals surface area contributed by atoms with Gasteiger partial charge in [0.2, 0.25) is 0 Å². The molecule has 0 radical (unpaired) electrons. The van der Waals surface area contributed by atoms with Crippen LogP contribution >= 0.6 is 0 Å². The van der Waals surface area contributed by atoms with Crippen LogP contribution in [0.1, 0.15) is 296 Å². The molecular weight excluding hydrogens is 887 g/mol. The Morgan fingerprint density at radius 2 is 0.761 bits per heavy atom. The van der Waals surface area contributed by atoms with Gasteiger partial charge in [-0.1, -0.05) is 263 Å². The van der Waals surface area contributed by atoms with E-state index in [1.165, 1.54) is 212 Å². The predicted molar refractivity (Wildman–Crippen MR) is 300 cm³/mol. The van der Waals surface area contributed by atoms with Crippen LogP contribution in [-0.4, -0.2) is 87.4 Å². The Labute approximate surface area is 439 Å². The highest BCUT2D eigenvalue weighted by Crippen LogP contribution is 2.18. The molecule has 0 aliphatic rings. The first-order chi connectivity index (χ1) is 34.6. The molecule has 0 amide bonds. The zero-order valence-corrected chi connectivity index (χ0v) is 47.7. The van der Waals surface area contributed by atoms with Gasteiger partial charge in [0, 0.05) is 12.8 Å². The molecular formula is C62H118NO8+. The second-order valence-electron chi connectivity index (χ2n) is 22.0. The van der Waals surface area contributed by atoms with E-state index in [9.17, 15) is 19.5 Å². The van der Waals surface area contributed by atoms with Crippen molar-refractivity contribution in [3.8, 4) is 0 Å². The number of carbonyl (C=O) groups is 3. The molecule has 0 fully saturated rings. The Bertz CT molecular complexity index is 1210. The summed E-state index contributed by atoms with van der Waals surface area (Å²) in [6.07, 6.45) is 62.2. The van der Waals surface area contributed by atoms with Gasteiger partial charge in [0.15, 0.2) is 6.10 Å². The fraction of sp³-hybridized carbons (Fsp3) is 0.887. The highest BCUT2D eigenvalue weighted by Gasteiger charge is 2.25. The molecule has 0 saturated carbocycles. The highest BCUT2D eigenvalue weighted by molar-refractivity contribution is 5.71. The number of carboxylic acids is 1. The molecule has 71 heavy (non-hydrogen) atoms.